The standard InChI is InChI=1S/C17H21N5O2S2/c1-11(2)22-12(3)9-18-17(22)13-7-8-21(10-13)26(23,24)15-6-4-5-14-16(15)20-25-19-14/h4-6,9,11,13H,7-8,10H2,1-3H3. The molecular weight excluding hydrogens is 370 g/mol. The van der Waals surface area contributed by atoms with Gasteiger partial charge < -0.3 is 4.57 Å². The van der Waals surface area contributed by atoms with E-state index in [-0.39, 0.29) is 10.8 Å². The highest BCUT2D eigenvalue weighted by Gasteiger charge is 2.36. The van der Waals surface area contributed by atoms with E-state index in [1.165, 1.54) is 0 Å². The quantitative estimate of drug-likeness (QED) is 0.683. The molecule has 1 unspecified atom stereocenters. The van der Waals surface area contributed by atoms with Crippen molar-refractivity contribution >= 4 is 32.8 Å². The highest BCUT2D eigenvalue weighted by atomic mass is 32.2. The van der Waals surface area contributed by atoms with Gasteiger partial charge in [-0.3, -0.25) is 0 Å². The summed E-state index contributed by atoms with van der Waals surface area (Å²) in [5.74, 6) is 1.08. The number of imidazole rings is 1. The van der Waals surface area contributed by atoms with Crippen molar-refractivity contribution in [1.82, 2.24) is 22.6 Å². The summed E-state index contributed by atoms with van der Waals surface area (Å²) in [5.41, 5.74) is 2.19. The van der Waals surface area contributed by atoms with Crippen LogP contribution in [-0.4, -0.2) is 44.1 Å². The number of benzene rings is 1. The normalized spacial score (nSPS) is 19.0. The van der Waals surface area contributed by atoms with Crippen LogP contribution in [0.4, 0.5) is 0 Å². The van der Waals surface area contributed by atoms with E-state index in [1.807, 2.05) is 13.1 Å². The molecule has 1 aliphatic rings. The van der Waals surface area contributed by atoms with Crippen LogP contribution in [0.5, 0.6) is 0 Å². The Hall–Kier alpha value is -1.84. The van der Waals surface area contributed by atoms with Crippen molar-refractivity contribution < 1.29 is 8.42 Å². The Morgan fingerprint density at radius 2 is 2.08 bits per heavy atom. The fourth-order valence-corrected chi connectivity index (χ4v) is 5.98. The highest BCUT2D eigenvalue weighted by molar-refractivity contribution is 7.89. The first-order chi connectivity index (χ1) is 12.4. The first-order valence-electron chi connectivity index (χ1n) is 8.64. The smallest absolute Gasteiger partial charge is 0.245 e. The Balaban J connectivity index is 1.66. The van der Waals surface area contributed by atoms with Crippen molar-refractivity contribution in [3.05, 3.63) is 35.9 Å². The molecule has 4 rings (SSSR count). The third-order valence-corrected chi connectivity index (χ3v) is 7.35. The number of hydrogen-bond acceptors (Lipinski definition) is 6. The van der Waals surface area contributed by atoms with Crippen LogP contribution in [0.15, 0.2) is 29.3 Å². The maximum atomic E-state index is 13.2. The molecular formula is C17H21N5O2S2. The molecule has 0 N–H and O–H groups in total. The fourth-order valence-electron chi connectivity index (χ4n) is 3.72. The van der Waals surface area contributed by atoms with Gasteiger partial charge in [-0.05, 0) is 39.3 Å². The zero-order valence-corrected chi connectivity index (χ0v) is 16.6. The summed E-state index contributed by atoms with van der Waals surface area (Å²) in [6, 6.07) is 5.42. The summed E-state index contributed by atoms with van der Waals surface area (Å²) >= 11 is 1.03. The van der Waals surface area contributed by atoms with Gasteiger partial charge in [0.25, 0.3) is 0 Å². The number of fused-ring (bicyclic) bond motifs is 1. The first-order valence-corrected chi connectivity index (χ1v) is 10.8. The van der Waals surface area contributed by atoms with E-state index in [0.29, 0.717) is 30.2 Å². The minimum atomic E-state index is -3.60. The second-order valence-electron chi connectivity index (χ2n) is 6.96. The first kappa shape index (κ1) is 17.6. The molecule has 0 spiro atoms. The van der Waals surface area contributed by atoms with Crippen molar-refractivity contribution in [3.8, 4) is 0 Å². The summed E-state index contributed by atoms with van der Waals surface area (Å²) in [5, 5.41) is 0. The fraction of sp³-hybridized carbons (Fsp3) is 0.471. The number of aryl methyl sites for hydroxylation is 1. The molecule has 0 radical (unpaired) electrons. The van der Waals surface area contributed by atoms with Crippen LogP contribution in [0, 0.1) is 6.92 Å². The molecule has 7 nitrogen and oxygen atoms in total. The number of sulfonamides is 1. The Kier molecular flexibility index (Phi) is 4.32. The zero-order valence-electron chi connectivity index (χ0n) is 15.0. The molecule has 138 valence electrons. The molecule has 26 heavy (non-hydrogen) atoms. The lowest BCUT2D eigenvalue weighted by molar-refractivity contribution is 0.465. The van der Waals surface area contributed by atoms with Crippen LogP contribution in [0.1, 0.15) is 43.7 Å². The molecule has 1 saturated heterocycles. The molecule has 3 aromatic rings. The molecule has 0 saturated carbocycles. The van der Waals surface area contributed by atoms with E-state index in [2.05, 4.69) is 32.1 Å². The third kappa shape index (κ3) is 2.74. The van der Waals surface area contributed by atoms with E-state index in [9.17, 15) is 8.42 Å². The van der Waals surface area contributed by atoms with Gasteiger partial charge in [0, 0.05) is 36.9 Å². The Morgan fingerprint density at radius 3 is 2.85 bits per heavy atom. The predicted octanol–water partition coefficient (Wildman–Crippen LogP) is 2.96. The SMILES string of the molecule is Cc1cnc(C2CCN(S(=O)(=O)c3cccc4nsnc34)C2)n1C(C)C. The minimum Gasteiger partial charge on any atom is -0.330 e. The zero-order chi connectivity index (χ0) is 18.5. The number of hydrogen-bond donors (Lipinski definition) is 0. The number of rotatable bonds is 4. The average Bonchev–Trinajstić information content (AvgIpc) is 3.32. The summed E-state index contributed by atoms with van der Waals surface area (Å²) in [7, 11) is -3.60. The van der Waals surface area contributed by atoms with Gasteiger partial charge in [-0.1, -0.05) is 6.07 Å². The summed E-state index contributed by atoms with van der Waals surface area (Å²) < 4.78 is 38.5. The largest absolute Gasteiger partial charge is 0.330 e. The van der Waals surface area contributed by atoms with Crippen LogP contribution in [0.25, 0.3) is 11.0 Å². The molecule has 1 aromatic carbocycles. The van der Waals surface area contributed by atoms with Crippen LogP contribution in [0.3, 0.4) is 0 Å². The van der Waals surface area contributed by atoms with Gasteiger partial charge in [-0.2, -0.15) is 13.1 Å². The lowest BCUT2D eigenvalue weighted by Crippen LogP contribution is -2.29. The van der Waals surface area contributed by atoms with Crippen molar-refractivity contribution in [3.63, 3.8) is 0 Å². The molecule has 0 aliphatic carbocycles. The number of nitrogens with zero attached hydrogens (tertiary/aromatic N) is 5. The van der Waals surface area contributed by atoms with Gasteiger partial charge in [0.15, 0.2) is 0 Å². The molecule has 0 bridgehead atoms. The Labute approximate surface area is 157 Å². The van der Waals surface area contributed by atoms with Crippen molar-refractivity contribution in [2.45, 2.75) is 44.0 Å². The third-order valence-electron chi connectivity index (χ3n) is 4.91. The van der Waals surface area contributed by atoms with Gasteiger partial charge in [-0.15, -0.1) is 0 Å². The molecule has 1 aliphatic heterocycles. The van der Waals surface area contributed by atoms with Crippen molar-refractivity contribution in [1.29, 1.82) is 0 Å². The van der Waals surface area contributed by atoms with E-state index >= 15 is 0 Å². The monoisotopic (exact) mass is 391 g/mol. The molecule has 1 atom stereocenters. The highest BCUT2D eigenvalue weighted by Crippen LogP contribution is 2.33. The van der Waals surface area contributed by atoms with Crippen molar-refractivity contribution in [2.24, 2.45) is 0 Å². The lowest BCUT2D eigenvalue weighted by atomic mass is 10.1. The molecule has 0 amide bonds. The lowest BCUT2D eigenvalue weighted by Gasteiger charge is -2.19. The van der Waals surface area contributed by atoms with Crippen LogP contribution < -0.4 is 0 Å². The molecule has 1 fully saturated rings. The van der Waals surface area contributed by atoms with E-state index in [4.69, 9.17) is 0 Å². The van der Waals surface area contributed by atoms with E-state index < -0.39 is 10.0 Å². The van der Waals surface area contributed by atoms with Gasteiger partial charge in [0.2, 0.25) is 10.0 Å². The predicted molar refractivity (Wildman–Crippen MR) is 101 cm³/mol. The Bertz CT molecular complexity index is 1050. The molecule has 3 heterocycles. The summed E-state index contributed by atoms with van der Waals surface area (Å²) in [4.78, 5) is 4.81. The summed E-state index contributed by atoms with van der Waals surface area (Å²) in [6.45, 7) is 7.22. The van der Waals surface area contributed by atoms with Crippen LogP contribution in [-0.2, 0) is 10.0 Å². The maximum Gasteiger partial charge on any atom is 0.245 e. The van der Waals surface area contributed by atoms with E-state index in [0.717, 1.165) is 29.7 Å². The second-order valence-corrected chi connectivity index (χ2v) is 9.39. The topological polar surface area (TPSA) is 81.0 Å². The molecule has 2 aromatic heterocycles. The van der Waals surface area contributed by atoms with Gasteiger partial charge in [-0.25, -0.2) is 13.4 Å². The number of aromatic nitrogens is 4. The van der Waals surface area contributed by atoms with Gasteiger partial charge in [0.1, 0.15) is 21.8 Å². The average molecular weight is 392 g/mol. The minimum absolute atomic E-state index is 0.105. The maximum absolute atomic E-state index is 13.2. The van der Waals surface area contributed by atoms with Crippen molar-refractivity contribution in [2.75, 3.05) is 13.1 Å². The van der Waals surface area contributed by atoms with Crippen LogP contribution in [0.2, 0.25) is 0 Å². The Morgan fingerprint density at radius 1 is 1.27 bits per heavy atom. The van der Waals surface area contributed by atoms with E-state index in [1.54, 1.807) is 22.5 Å². The van der Waals surface area contributed by atoms with Gasteiger partial charge in [0.05, 0.1) is 11.7 Å². The van der Waals surface area contributed by atoms with Gasteiger partial charge >= 0.3 is 0 Å². The molecule has 9 heteroatoms. The summed E-state index contributed by atoms with van der Waals surface area (Å²) in [6.07, 6.45) is 2.64. The second kappa shape index (κ2) is 6.40. The van der Waals surface area contributed by atoms with Crippen LogP contribution >= 0.6 is 11.7 Å².